The molecule has 2 aliphatic heterocycles. The monoisotopic (exact) mass is 560 g/mol. The highest BCUT2D eigenvalue weighted by molar-refractivity contribution is 6.08. The Hall–Kier alpha value is -3.16. The number of allylic oxidation sites excluding steroid dienone is 2. The minimum atomic E-state index is -0.660. The summed E-state index contributed by atoms with van der Waals surface area (Å²) in [4.78, 5) is 59.3. The topological polar surface area (TPSA) is 104 Å². The highest BCUT2D eigenvalue weighted by Crippen LogP contribution is 2.60. The van der Waals surface area contributed by atoms with E-state index in [4.69, 9.17) is 4.74 Å². The quantitative estimate of drug-likeness (QED) is 0.423. The summed E-state index contributed by atoms with van der Waals surface area (Å²) in [6.07, 6.45) is 12.5. The van der Waals surface area contributed by atoms with Crippen LogP contribution in [0.4, 0.5) is 0 Å². The Morgan fingerprint density at radius 3 is 1.93 bits per heavy atom. The van der Waals surface area contributed by atoms with Crippen LogP contribution in [0.2, 0.25) is 0 Å². The number of hydrogen-bond donors (Lipinski definition) is 1. The summed E-state index contributed by atoms with van der Waals surface area (Å²) in [5.41, 5.74) is 1.41. The lowest BCUT2D eigenvalue weighted by Crippen LogP contribution is -2.44. The number of nitrogens with zero attached hydrogens (tertiary/aromatic N) is 2. The largest absolute Gasteiger partial charge is 0.508 e. The summed E-state index contributed by atoms with van der Waals surface area (Å²) >= 11 is 0. The van der Waals surface area contributed by atoms with E-state index < -0.39 is 29.6 Å². The van der Waals surface area contributed by atoms with Gasteiger partial charge >= 0.3 is 0 Å². The van der Waals surface area contributed by atoms with Gasteiger partial charge in [0, 0.05) is 23.6 Å². The van der Waals surface area contributed by atoms with Crippen molar-refractivity contribution in [3.8, 4) is 11.5 Å². The van der Waals surface area contributed by atoms with E-state index in [0.29, 0.717) is 24.2 Å². The van der Waals surface area contributed by atoms with E-state index in [1.165, 1.54) is 0 Å². The number of likely N-dealkylation sites (tertiary alicyclic amines) is 2. The molecule has 5 fully saturated rings. The van der Waals surface area contributed by atoms with Crippen LogP contribution in [0.1, 0.15) is 88.5 Å². The Kier molecular flexibility index (Phi) is 6.70. The second-order valence-electron chi connectivity index (χ2n) is 13.1. The Bertz CT molecular complexity index is 1310. The highest BCUT2D eigenvalue weighted by atomic mass is 16.5. The molecule has 8 heteroatoms. The van der Waals surface area contributed by atoms with Gasteiger partial charge < -0.3 is 9.84 Å². The van der Waals surface area contributed by atoms with E-state index in [2.05, 4.69) is 6.08 Å². The number of amides is 4. The molecule has 8 nitrogen and oxygen atoms in total. The molecule has 6 aliphatic rings. The van der Waals surface area contributed by atoms with Gasteiger partial charge in [0.15, 0.2) is 0 Å². The highest BCUT2D eigenvalue weighted by Gasteiger charge is 2.63. The second-order valence-corrected chi connectivity index (χ2v) is 13.1. The second kappa shape index (κ2) is 10.3. The molecular weight excluding hydrogens is 520 g/mol. The van der Waals surface area contributed by atoms with Crippen molar-refractivity contribution in [3.05, 3.63) is 35.4 Å². The summed E-state index contributed by atoms with van der Waals surface area (Å²) in [6.45, 7) is 0. The Morgan fingerprint density at radius 2 is 1.32 bits per heavy atom. The fraction of sp³-hybridized carbons (Fsp3) is 0.636. The number of aromatic hydroxyl groups is 1. The smallest absolute Gasteiger partial charge is 0.234 e. The van der Waals surface area contributed by atoms with E-state index in [0.717, 1.165) is 69.8 Å². The van der Waals surface area contributed by atoms with Crippen molar-refractivity contribution in [2.24, 2.45) is 29.6 Å². The normalized spacial score (nSPS) is 34.4. The van der Waals surface area contributed by atoms with E-state index >= 15 is 0 Å². The van der Waals surface area contributed by atoms with Crippen molar-refractivity contribution in [1.82, 2.24) is 9.80 Å². The first kappa shape index (κ1) is 26.7. The molecule has 41 heavy (non-hydrogen) atoms. The number of imide groups is 2. The summed E-state index contributed by atoms with van der Waals surface area (Å²) in [6, 6.07) is 4.94. The third-order valence-electron chi connectivity index (χ3n) is 11.2. The fourth-order valence-corrected chi connectivity index (χ4v) is 9.38. The molecule has 6 unspecified atom stereocenters. The van der Waals surface area contributed by atoms with Crippen LogP contribution < -0.4 is 4.74 Å². The molecule has 1 aromatic rings. The number of carbonyl (C=O) groups is 4. The van der Waals surface area contributed by atoms with Gasteiger partial charge in [0.25, 0.3) is 0 Å². The SMILES string of the molecule is COc1cccc(O)c1C1C2=CCC3C(=O)N(C4CCCCC4)C(=O)C3C2CC2C(=O)N(C3CCCCC3)C(=O)C21. The summed E-state index contributed by atoms with van der Waals surface area (Å²) in [5, 5.41) is 11.2. The number of carbonyl (C=O) groups excluding carboxylic acids is 4. The third kappa shape index (κ3) is 3.99. The van der Waals surface area contributed by atoms with Crippen LogP contribution in [0.3, 0.4) is 0 Å². The van der Waals surface area contributed by atoms with Gasteiger partial charge in [-0.3, -0.25) is 29.0 Å². The van der Waals surface area contributed by atoms with Crippen molar-refractivity contribution in [2.75, 3.05) is 7.11 Å². The van der Waals surface area contributed by atoms with Crippen LogP contribution in [-0.4, -0.2) is 57.7 Å². The number of benzene rings is 1. The molecule has 218 valence electrons. The summed E-state index contributed by atoms with van der Waals surface area (Å²) in [7, 11) is 1.54. The maximum absolute atomic E-state index is 14.2. The molecule has 0 bridgehead atoms. The van der Waals surface area contributed by atoms with Gasteiger partial charge in [0.1, 0.15) is 11.5 Å². The summed E-state index contributed by atoms with van der Waals surface area (Å²) < 4.78 is 5.71. The van der Waals surface area contributed by atoms with E-state index in [1.807, 2.05) is 0 Å². The molecule has 1 aromatic carbocycles. The first-order chi connectivity index (χ1) is 19.9. The average Bonchev–Trinajstić information content (AvgIpc) is 3.40. The lowest BCUT2D eigenvalue weighted by atomic mass is 9.57. The molecule has 1 N–H and O–H groups in total. The fourth-order valence-electron chi connectivity index (χ4n) is 9.38. The molecule has 6 atom stereocenters. The summed E-state index contributed by atoms with van der Waals surface area (Å²) in [5.74, 6) is -3.14. The van der Waals surface area contributed by atoms with Crippen molar-refractivity contribution in [3.63, 3.8) is 0 Å². The minimum Gasteiger partial charge on any atom is -0.508 e. The van der Waals surface area contributed by atoms with Gasteiger partial charge in [-0.1, -0.05) is 56.2 Å². The predicted molar refractivity (Wildman–Crippen MR) is 150 cm³/mol. The molecule has 0 spiro atoms. The minimum absolute atomic E-state index is 0.0193. The molecular formula is C33H40N2O6. The predicted octanol–water partition coefficient (Wildman–Crippen LogP) is 4.70. The van der Waals surface area contributed by atoms with E-state index in [9.17, 15) is 24.3 Å². The van der Waals surface area contributed by atoms with Gasteiger partial charge in [0.2, 0.25) is 23.6 Å². The molecule has 2 heterocycles. The maximum Gasteiger partial charge on any atom is 0.234 e. The van der Waals surface area contributed by atoms with Crippen LogP contribution in [0, 0.1) is 29.6 Å². The van der Waals surface area contributed by atoms with Crippen LogP contribution in [0.25, 0.3) is 0 Å². The van der Waals surface area contributed by atoms with Crippen LogP contribution >= 0.6 is 0 Å². The van der Waals surface area contributed by atoms with E-state index in [-0.39, 0.29) is 47.4 Å². The zero-order valence-corrected chi connectivity index (χ0v) is 23.8. The third-order valence-corrected chi connectivity index (χ3v) is 11.2. The van der Waals surface area contributed by atoms with Gasteiger partial charge in [-0.05, 0) is 56.6 Å². The Balaban J connectivity index is 1.32. The van der Waals surface area contributed by atoms with Gasteiger partial charge in [-0.2, -0.15) is 0 Å². The zero-order valence-electron chi connectivity index (χ0n) is 23.8. The molecule has 2 saturated heterocycles. The maximum atomic E-state index is 14.2. The van der Waals surface area contributed by atoms with Crippen molar-refractivity contribution in [2.45, 2.75) is 95.1 Å². The Labute approximate surface area is 241 Å². The number of phenolic OH excluding ortho intramolecular Hbond substituents is 1. The lowest BCUT2D eigenvalue weighted by molar-refractivity contribution is -0.145. The molecule has 4 aliphatic carbocycles. The number of fused-ring (bicyclic) bond motifs is 4. The number of rotatable bonds is 4. The average molecular weight is 561 g/mol. The standard InChI is InChI=1S/C33H40N2O6/c1-41-25-14-8-13-24(36)29(25)27-20-15-16-21-26(32(39)34(30(21)37)18-9-4-2-5-10-18)22(20)17-23-28(27)33(40)35(31(23)38)19-11-6-3-7-12-19/h8,13-15,18-19,21-23,26-28,36H,2-7,9-12,16-17H2,1H3. The molecule has 3 saturated carbocycles. The van der Waals surface area contributed by atoms with Crippen LogP contribution in [0.5, 0.6) is 11.5 Å². The van der Waals surface area contributed by atoms with Crippen molar-refractivity contribution < 1.29 is 29.0 Å². The van der Waals surface area contributed by atoms with Crippen molar-refractivity contribution in [1.29, 1.82) is 0 Å². The van der Waals surface area contributed by atoms with Gasteiger partial charge in [0.05, 0.1) is 30.8 Å². The first-order valence-electron chi connectivity index (χ1n) is 15.7. The molecule has 4 amide bonds. The van der Waals surface area contributed by atoms with Gasteiger partial charge in [-0.15, -0.1) is 0 Å². The number of methoxy groups -OCH3 is 1. The number of phenols is 1. The van der Waals surface area contributed by atoms with Crippen LogP contribution in [0.15, 0.2) is 29.8 Å². The lowest BCUT2D eigenvalue weighted by Gasteiger charge is -2.44. The number of ether oxygens (including phenoxy) is 1. The molecule has 0 aromatic heterocycles. The number of hydrogen-bond acceptors (Lipinski definition) is 6. The molecule has 0 radical (unpaired) electrons. The van der Waals surface area contributed by atoms with Crippen LogP contribution in [-0.2, 0) is 19.2 Å². The Morgan fingerprint density at radius 1 is 0.732 bits per heavy atom. The van der Waals surface area contributed by atoms with Gasteiger partial charge in [-0.25, -0.2) is 0 Å². The molecule has 7 rings (SSSR count). The first-order valence-corrected chi connectivity index (χ1v) is 15.7. The van der Waals surface area contributed by atoms with E-state index in [1.54, 1.807) is 35.1 Å². The zero-order chi connectivity index (χ0) is 28.4. The van der Waals surface area contributed by atoms with Crippen molar-refractivity contribution >= 4 is 23.6 Å².